The predicted octanol–water partition coefficient (Wildman–Crippen LogP) is 3.40. The van der Waals surface area contributed by atoms with Gasteiger partial charge >= 0.3 is 6.36 Å². The van der Waals surface area contributed by atoms with Crippen molar-refractivity contribution in [2.24, 2.45) is 0 Å². The Hall–Kier alpha value is -1.27. The quantitative estimate of drug-likeness (QED) is 0.809. The molecular weight excluding hydrogens is 271 g/mol. The second-order valence-electron chi connectivity index (χ2n) is 4.64. The van der Waals surface area contributed by atoms with Gasteiger partial charge in [0.15, 0.2) is 0 Å². The Morgan fingerprint density at radius 2 is 1.85 bits per heavy atom. The molecule has 1 aromatic carbocycles. The van der Waals surface area contributed by atoms with Gasteiger partial charge in [-0.1, -0.05) is 19.1 Å². The molecular formula is C14H20F3NO2. The summed E-state index contributed by atoms with van der Waals surface area (Å²) in [5.74, 6) is -0.227. The van der Waals surface area contributed by atoms with Crippen molar-refractivity contribution in [3.05, 3.63) is 29.8 Å². The molecule has 2 atom stereocenters. The zero-order valence-electron chi connectivity index (χ0n) is 11.6. The normalized spacial score (nSPS) is 14.9. The van der Waals surface area contributed by atoms with Gasteiger partial charge in [0.25, 0.3) is 0 Å². The van der Waals surface area contributed by atoms with Gasteiger partial charge in [0.1, 0.15) is 5.75 Å². The van der Waals surface area contributed by atoms with Gasteiger partial charge < -0.3 is 15.2 Å². The summed E-state index contributed by atoms with van der Waals surface area (Å²) < 4.78 is 39.9. The van der Waals surface area contributed by atoms with Crippen LogP contribution in [-0.4, -0.2) is 24.1 Å². The molecule has 2 unspecified atom stereocenters. The lowest BCUT2D eigenvalue weighted by atomic mass is 10.1. The number of aliphatic hydroxyl groups excluding tert-OH is 1. The molecule has 6 heteroatoms. The molecule has 0 aliphatic rings. The van der Waals surface area contributed by atoms with E-state index in [-0.39, 0.29) is 17.9 Å². The average Bonchev–Trinajstić information content (AvgIpc) is 2.37. The van der Waals surface area contributed by atoms with Crippen LogP contribution in [-0.2, 0) is 0 Å². The van der Waals surface area contributed by atoms with Gasteiger partial charge in [-0.25, -0.2) is 0 Å². The second-order valence-corrected chi connectivity index (χ2v) is 4.64. The fraction of sp³-hybridized carbons (Fsp3) is 0.571. The summed E-state index contributed by atoms with van der Waals surface area (Å²) >= 11 is 0. The van der Waals surface area contributed by atoms with Crippen molar-refractivity contribution < 1.29 is 23.0 Å². The predicted molar refractivity (Wildman–Crippen MR) is 70.5 cm³/mol. The van der Waals surface area contributed by atoms with Gasteiger partial charge in [-0.05, 0) is 44.0 Å². The first-order valence-corrected chi connectivity index (χ1v) is 6.59. The number of hydrogen-bond acceptors (Lipinski definition) is 3. The van der Waals surface area contributed by atoms with Crippen molar-refractivity contribution in [2.75, 3.05) is 6.54 Å². The third kappa shape index (κ3) is 6.25. The van der Waals surface area contributed by atoms with E-state index in [1.165, 1.54) is 12.1 Å². The second kappa shape index (κ2) is 7.50. The number of alkyl halides is 3. The lowest BCUT2D eigenvalue weighted by Crippen LogP contribution is -2.23. The maximum Gasteiger partial charge on any atom is 0.573 e. The third-order valence-corrected chi connectivity index (χ3v) is 3.01. The van der Waals surface area contributed by atoms with Crippen LogP contribution in [0.5, 0.6) is 5.75 Å². The summed E-state index contributed by atoms with van der Waals surface area (Å²) in [6.45, 7) is 4.47. The Morgan fingerprint density at radius 1 is 1.25 bits per heavy atom. The number of benzene rings is 1. The number of halogens is 3. The lowest BCUT2D eigenvalue weighted by molar-refractivity contribution is -0.274. The molecule has 114 valence electrons. The van der Waals surface area contributed by atoms with Crippen molar-refractivity contribution in [1.82, 2.24) is 5.32 Å². The van der Waals surface area contributed by atoms with E-state index in [0.717, 1.165) is 5.56 Å². The molecule has 20 heavy (non-hydrogen) atoms. The number of ether oxygens (including phenoxy) is 1. The first kappa shape index (κ1) is 16.8. The molecule has 2 N–H and O–H groups in total. The molecule has 3 nitrogen and oxygen atoms in total. The highest BCUT2D eigenvalue weighted by molar-refractivity contribution is 5.29. The summed E-state index contributed by atoms with van der Waals surface area (Å²) in [5, 5.41) is 12.6. The summed E-state index contributed by atoms with van der Waals surface area (Å²) in [5.41, 5.74) is 0.866. The number of nitrogens with one attached hydrogen (secondary N) is 1. The van der Waals surface area contributed by atoms with Crippen LogP contribution in [0.25, 0.3) is 0 Å². The van der Waals surface area contributed by atoms with Crippen molar-refractivity contribution in [1.29, 1.82) is 0 Å². The van der Waals surface area contributed by atoms with Gasteiger partial charge in [-0.3, -0.25) is 0 Å². The summed E-state index contributed by atoms with van der Waals surface area (Å²) in [4.78, 5) is 0. The van der Waals surface area contributed by atoms with E-state index in [1.54, 1.807) is 12.1 Å². The molecule has 0 aliphatic carbocycles. The summed E-state index contributed by atoms with van der Waals surface area (Å²) in [6, 6.07) is 5.77. The molecule has 0 saturated heterocycles. The van der Waals surface area contributed by atoms with Crippen molar-refractivity contribution >= 4 is 0 Å². The van der Waals surface area contributed by atoms with Crippen molar-refractivity contribution in [2.45, 2.75) is 45.2 Å². The van der Waals surface area contributed by atoms with Gasteiger partial charge in [0.2, 0.25) is 0 Å². The van der Waals surface area contributed by atoms with Crippen LogP contribution in [0.1, 0.15) is 38.3 Å². The van der Waals surface area contributed by atoms with Gasteiger partial charge in [-0.2, -0.15) is 0 Å². The molecule has 0 heterocycles. The van der Waals surface area contributed by atoms with Crippen LogP contribution in [0, 0.1) is 0 Å². The Balaban J connectivity index is 2.47. The molecule has 1 rings (SSSR count). The molecule has 0 bridgehead atoms. The smallest absolute Gasteiger partial charge is 0.406 e. The number of rotatable bonds is 7. The van der Waals surface area contributed by atoms with Crippen LogP contribution in [0.4, 0.5) is 13.2 Å². The third-order valence-electron chi connectivity index (χ3n) is 3.01. The SMILES string of the molecule is CCC(O)CCNC(C)c1ccc(OC(F)(F)F)cc1. The largest absolute Gasteiger partial charge is 0.573 e. The molecule has 1 aromatic rings. The van der Waals surface area contributed by atoms with Crippen LogP contribution in [0.15, 0.2) is 24.3 Å². The fourth-order valence-corrected chi connectivity index (χ4v) is 1.75. The lowest BCUT2D eigenvalue weighted by Gasteiger charge is -2.16. The summed E-state index contributed by atoms with van der Waals surface area (Å²) in [7, 11) is 0. The maximum atomic E-state index is 12.0. The Labute approximate surface area is 116 Å². The van der Waals surface area contributed by atoms with Crippen LogP contribution in [0.3, 0.4) is 0 Å². The molecule has 0 saturated carbocycles. The monoisotopic (exact) mass is 291 g/mol. The molecule has 0 amide bonds. The molecule has 0 aromatic heterocycles. The zero-order valence-corrected chi connectivity index (χ0v) is 11.6. The van der Waals surface area contributed by atoms with E-state index < -0.39 is 6.36 Å². The van der Waals surface area contributed by atoms with Gasteiger partial charge in [-0.15, -0.1) is 13.2 Å². The van der Waals surface area contributed by atoms with Crippen LogP contribution in [0.2, 0.25) is 0 Å². The first-order chi connectivity index (χ1) is 9.31. The zero-order chi connectivity index (χ0) is 15.2. The maximum absolute atomic E-state index is 12.0. The van der Waals surface area contributed by atoms with E-state index in [2.05, 4.69) is 10.1 Å². The average molecular weight is 291 g/mol. The molecule has 0 spiro atoms. The van der Waals surface area contributed by atoms with Crippen molar-refractivity contribution in [3.63, 3.8) is 0 Å². The topological polar surface area (TPSA) is 41.5 Å². The number of aliphatic hydroxyl groups is 1. The van der Waals surface area contributed by atoms with E-state index in [9.17, 15) is 18.3 Å². The molecule has 0 fully saturated rings. The van der Waals surface area contributed by atoms with Crippen LogP contribution >= 0.6 is 0 Å². The highest BCUT2D eigenvalue weighted by Gasteiger charge is 2.30. The van der Waals surface area contributed by atoms with E-state index in [4.69, 9.17) is 0 Å². The summed E-state index contributed by atoms with van der Waals surface area (Å²) in [6.07, 6.45) is -3.63. The van der Waals surface area contributed by atoms with E-state index >= 15 is 0 Å². The van der Waals surface area contributed by atoms with E-state index in [1.807, 2.05) is 13.8 Å². The first-order valence-electron chi connectivity index (χ1n) is 6.59. The minimum absolute atomic E-state index is 0.000933. The standard InChI is InChI=1S/C14H20F3NO2/c1-3-12(19)8-9-18-10(2)11-4-6-13(7-5-11)20-14(15,16)17/h4-7,10,12,18-19H,3,8-9H2,1-2H3. The minimum Gasteiger partial charge on any atom is -0.406 e. The van der Waals surface area contributed by atoms with Crippen LogP contribution < -0.4 is 10.1 Å². The number of hydrogen-bond donors (Lipinski definition) is 2. The van der Waals surface area contributed by atoms with Crippen molar-refractivity contribution in [3.8, 4) is 5.75 Å². The Morgan fingerprint density at radius 3 is 2.35 bits per heavy atom. The highest BCUT2D eigenvalue weighted by atomic mass is 19.4. The molecule has 0 radical (unpaired) electrons. The molecule has 0 aliphatic heterocycles. The van der Waals surface area contributed by atoms with Gasteiger partial charge in [0, 0.05) is 6.04 Å². The Bertz CT molecular complexity index is 392. The Kier molecular flexibility index (Phi) is 6.29. The van der Waals surface area contributed by atoms with Gasteiger partial charge in [0.05, 0.1) is 6.10 Å². The fourth-order valence-electron chi connectivity index (χ4n) is 1.75. The van der Waals surface area contributed by atoms with E-state index in [0.29, 0.717) is 19.4 Å². The minimum atomic E-state index is -4.67. The highest BCUT2D eigenvalue weighted by Crippen LogP contribution is 2.24.